The number of rotatable bonds is 4. The zero-order valence-corrected chi connectivity index (χ0v) is 6.80. The SMILES string of the molecule is C/C=C(\CC)CC(N)CO. The zero-order chi connectivity index (χ0) is 7.98. The van der Waals surface area contributed by atoms with Crippen molar-refractivity contribution in [3.63, 3.8) is 0 Å². The van der Waals surface area contributed by atoms with Crippen LogP contribution >= 0.6 is 0 Å². The molecule has 0 spiro atoms. The van der Waals surface area contributed by atoms with Gasteiger partial charge in [-0.2, -0.15) is 0 Å². The van der Waals surface area contributed by atoms with Crippen molar-refractivity contribution in [2.45, 2.75) is 32.7 Å². The quantitative estimate of drug-likeness (QED) is 0.578. The molecular weight excluding hydrogens is 126 g/mol. The first-order chi connectivity index (χ1) is 4.74. The molecule has 3 N–H and O–H groups in total. The summed E-state index contributed by atoms with van der Waals surface area (Å²) in [6.45, 7) is 4.18. The molecule has 0 amide bonds. The van der Waals surface area contributed by atoms with E-state index in [1.165, 1.54) is 5.57 Å². The fourth-order valence-corrected chi connectivity index (χ4v) is 0.868. The largest absolute Gasteiger partial charge is 0.395 e. The van der Waals surface area contributed by atoms with Gasteiger partial charge in [-0.15, -0.1) is 0 Å². The summed E-state index contributed by atoms with van der Waals surface area (Å²) in [6.07, 6.45) is 3.92. The minimum Gasteiger partial charge on any atom is -0.395 e. The van der Waals surface area contributed by atoms with E-state index in [9.17, 15) is 0 Å². The van der Waals surface area contributed by atoms with Gasteiger partial charge in [0, 0.05) is 6.04 Å². The lowest BCUT2D eigenvalue weighted by Gasteiger charge is -2.08. The number of allylic oxidation sites excluding steroid dienone is 1. The molecule has 10 heavy (non-hydrogen) atoms. The molecule has 0 heterocycles. The van der Waals surface area contributed by atoms with E-state index in [0.29, 0.717) is 0 Å². The van der Waals surface area contributed by atoms with Crippen LogP contribution < -0.4 is 5.73 Å². The van der Waals surface area contributed by atoms with Crippen molar-refractivity contribution in [1.82, 2.24) is 0 Å². The van der Waals surface area contributed by atoms with Crippen LogP contribution in [0.15, 0.2) is 11.6 Å². The lowest BCUT2D eigenvalue weighted by Crippen LogP contribution is -2.24. The van der Waals surface area contributed by atoms with Gasteiger partial charge in [0.1, 0.15) is 0 Å². The second-order valence-corrected chi connectivity index (χ2v) is 2.45. The molecule has 0 saturated heterocycles. The first-order valence-corrected chi connectivity index (χ1v) is 3.75. The Balaban J connectivity index is 3.64. The van der Waals surface area contributed by atoms with Crippen molar-refractivity contribution in [3.05, 3.63) is 11.6 Å². The predicted octanol–water partition coefficient (Wildman–Crippen LogP) is 1.05. The van der Waals surface area contributed by atoms with Gasteiger partial charge in [-0.05, 0) is 19.8 Å². The number of hydrogen-bond acceptors (Lipinski definition) is 2. The monoisotopic (exact) mass is 143 g/mol. The van der Waals surface area contributed by atoms with Gasteiger partial charge >= 0.3 is 0 Å². The minimum absolute atomic E-state index is 0.0776. The van der Waals surface area contributed by atoms with Gasteiger partial charge in [0.05, 0.1) is 6.61 Å². The third-order valence-electron chi connectivity index (χ3n) is 1.62. The summed E-state index contributed by atoms with van der Waals surface area (Å²) in [5, 5.41) is 8.62. The third kappa shape index (κ3) is 3.64. The highest BCUT2D eigenvalue weighted by molar-refractivity contribution is 5.01. The van der Waals surface area contributed by atoms with Crippen LogP contribution in [-0.2, 0) is 0 Å². The number of aliphatic hydroxyl groups excluding tert-OH is 1. The molecule has 1 atom stereocenters. The average Bonchev–Trinajstić information content (AvgIpc) is 1.99. The van der Waals surface area contributed by atoms with Gasteiger partial charge < -0.3 is 10.8 Å². The number of nitrogens with two attached hydrogens (primary N) is 1. The van der Waals surface area contributed by atoms with Gasteiger partial charge in [0.15, 0.2) is 0 Å². The standard InChI is InChI=1S/C8H17NO/c1-3-7(4-2)5-8(9)6-10/h3,8,10H,4-6,9H2,1-2H3/b7-3+. The molecule has 0 bridgehead atoms. The smallest absolute Gasteiger partial charge is 0.0585 e. The molecule has 0 rings (SSSR count). The molecule has 0 radical (unpaired) electrons. The fraction of sp³-hybridized carbons (Fsp3) is 0.750. The first-order valence-electron chi connectivity index (χ1n) is 3.75. The molecule has 0 aliphatic rings. The summed E-state index contributed by atoms with van der Waals surface area (Å²) in [6, 6.07) is -0.0776. The lowest BCUT2D eigenvalue weighted by molar-refractivity contribution is 0.264. The Hall–Kier alpha value is -0.340. The molecule has 0 aliphatic carbocycles. The van der Waals surface area contributed by atoms with E-state index in [-0.39, 0.29) is 12.6 Å². The molecule has 0 aromatic carbocycles. The molecule has 0 aliphatic heterocycles. The minimum atomic E-state index is -0.0776. The van der Waals surface area contributed by atoms with Gasteiger partial charge in [-0.3, -0.25) is 0 Å². The van der Waals surface area contributed by atoms with Crippen molar-refractivity contribution < 1.29 is 5.11 Å². The highest BCUT2D eigenvalue weighted by Crippen LogP contribution is 2.07. The molecule has 2 nitrogen and oxygen atoms in total. The van der Waals surface area contributed by atoms with E-state index in [2.05, 4.69) is 13.0 Å². The summed E-state index contributed by atoms with van der Waals surface area (Å²) < 4.78 is 0. The Morgan fingerprint density at radius 1 is 1.70 bits per heavy atom. The van der Waals surface area contributed by atoms with Gasteiger partial charge in [-0.1, -0.05) is 18.6 Å². The molecule has 2 heteroatoms. The van der Waals surface area contributed by atoms with Crippen LogP contribution in [0, 0.1) is 0 Å². The maximum absolute atomic E-state index is 8.62. The second kappa shape index (κ2) is 5.45. The van der Waals surface area contributed by atoms with Crippen LogP contribution in [0.4, 0.5) is 0 Å². The van der Waals surface area contributed by atoms with Crippen LogP contribution in [-0.4, -0.2) is 17.8 Å². The molecule has 0 fully saturated rings. The van der Waals surface area contributed by atoms with E-state index < -0.39 is 0 Å². The Labute approximate surface area is 62.7 Å². The zero-order valence-electron chi connectivity index (χ0n) is 6.80. The Kier molecular flexibility index (Phi) is 5.26. The van der Waals surface area contributed by atoms with Crippen molar-refractivity contribution in [1.29, 1.82) is 0 Å². The lowest BCUT2D eigenvalue weighted by atomic mass is 10.1. The first kappa shape index (κ1) is 9.66. The Bertz CT molecular complexity index is 110. The van der Waals surface area contributed by atoms with E-state index in [1.807, 2.05) is 6.92 Å². The van der Waals surface area contributed by atoms with Crippen molar-refractivity contribution >= 4 is 0 Å². The van der Waals surface area contributed by atoms with Crippen molar-refractivity contribution in [2.75, 3.05) is 6.61 Å². The normalized spacial score (nSPS) is 15.4. The molecule has 60 valence electrons. The van der Waals surface area contributed by atoms with E-state index in [4.69, 9.17) is 10.8 Å². The molecule has 0 saturated carbocycles. The van der Waals surface area contributed by atoms with E-state index in [0.717, 1.165) is 12.8 Å². The molecule has 1 unspecified atom stereocenters. The topological polar surface area (TPSA) is 46.2 Å². The van der Waals surface area contributed by atoms with Crippen LogP contribution in [0.3, 0.4) is 0 Å². The molecule has 0 aromatic rings. The molecule has 0 aromatic heterocycles. The van der Waals surface area contributed by atoms with E-state index >= 15 is 0 Å². The number of aliphatic hydroxyl groups is 1. The summed E-state index contributed by atoms with van der Waals surface area (Å²) in [5.74, 6) is 0. The third-order valence-corrected chi connectivity index (χ3v) is 1.62. The van der Waals surface area contributed by atoms with E-state index in [1.54, 1.807) is 0 Å². The van der Waals surface area contributed by atoms with Crippen LogP contribution in [0.25, 0.3) is 0 Å². The highest BCUT2D eigenvalue weighted by Gasteiger charge is 2.01. The Morgan fingerprint density at radius 2 is 2.30 bits per heavy atom. The highest BCUT2D eigenvalue weighted by atomic mass is 16.3. The average molecular weight is 143 g/mol. The summed E-state index contributed by atoms with van der Waals surface area (Å²) in [4.78, 5) is 0. The summed E-state index contributed by atoms with van der Waals surface area (Å²) >= 11 is 0. The number of hydrogen-bond donors (Lipinski definition) is 2. The Morgan fingerprint density at radius 3 is 2.60 bits per heavy atom. The van der Waals surface area contributed by atoms with Crippen LogP contribution in [0.5, 0.6) is 0 Å². The summed E-state index contributed by atoms with van der Waals surface area (Å²) in [5.41, 5.74) is 6.86. The van der Waals surface area contributed by atoms with Crippen LogP contribution in [0.2, 0.25) is 0 Å². The van der Waals surface area contributed by atoms with Gasteiger partial charge in [0.25, 0.3) is 0 Å². The van der Waals surface area contributed by atoms with Crippen molar-refractivity contribution in [2.24, 2.45) is 5.73 Å². The summed E-state index contributed by atoms with van der Waals surface area (Å²) in [7, 11) is 0. The maximum Gasteiger partial charge on any atom is 0.0585 e. The van der Waals surface area contributed by atoms with Crippen molar-refractivity contribution in [3.8, 4) is 0 Å². The molecular formula is C8H17NO. The van der Waals surface area contributed by atoms with Gasteiger partial charge in [0.2, 0.25) is 0 Å². The fourth-order valence-electron chi connectivity index (χ4n) is 0.868. The van der Waals surface area contributed by atoms with Crippen LogP contribution in [0.1, 0.15) is 26.7 Å². The maximum atomic E-state index is 8.62. The second-order valence-electron chi connectivity index (χ2n) is 2.45. The van der Waals surface area contributed by atoms with Gasteiger partial charge in [-0.25, -0.2) is 0 Å². The predicted molar refractivity (Wildman–Crippen MR) is 43.7 cm³/mol.